The van der Waals surface area contributed by atoms with E-state index in [4.69, 9.17) is 10.5 Å². The Hall–Kier alpha value is -1.64. The van der Waals surface area contributed by atoms with E-state index >= 15 is 0 Å². The van der Waals surface area contributed by atoms with E-state index in [0.29, 0.717) is 19.1 Å². The maximum atomic E-state index is 12.0. The van der Waals surface area contributed by atoms with Crippen LogP contribution in [0.25, 0.3) is 0 Å². The first kappa shape index (κ1) is 19.4. The van der Waals surface area contributed by atoms with Crippen molar-refractivity contribution >= 4 is 16.0 Å². The molecule has 0 saturated carbocycles. The van der Waals surface area contributed by atoms with Crippen molar-refractivity contribution in [1.82, 2.24) is 9.62 Å². The molecule has 1 aromatic rings. The second kappa shape index (κ2) is 9.49. The number of guanidine groups is 1. The molecule has 130 valence electrons. The van der Waals surface area contributed by atoms with Crippen molar-refractivity contribution in [3.63, 3.8) is 0 Å². The standard InChI is InChI=1S/C15H26N4O3S/c1-4-19(5-2)15(16)17-12-13-6-8-14(9-7-13)23(20,21)18-10-11-22-3/h6-9,18H,4-5,10-12H2,1-3H3,(H2,16,17). The maximum absolute atomic E-state index is 12.0. The number of sulfonamides is 1. The smallest absolute Gasteiger partial charge is 0.240 e. The number of nitrogens with two attached hydrogens (primary N) is 1. The van der Waals surface area contributed by atoms with E-state index in [1.54, 1.807) is 24.3 Å². The molecule has 8 heteroatoms. The average molecular weight is 342 g/mol. The van der Waals surface area contributed by atoms with Gasteiger partial charge in [-0.1, -0.05) is 12.1 Å². The summed E-state index contributed by atoms with van der Waals surface area (Å²) in [5.41, 5.74) is 6.81. The second-order valence-electron chi connectivity index (χ2n) is 4.88. The van der Waals surface area contributed by atoms with E-state index < -0.39 is 10.0 Å². The number of hydrogen-bond donors (Lipinski definition) is 2. The van der Waals surface area contributed by atoms with Crippen molar-refractivity contribution in [2.45, 2.75) is 25.3 Å². The van der Waals surface area contributed by atoms with Crippen molar-refractivity contribution in [2.24, 2.45) is 10.7 Å². The zero-order valence-corrected chi connectivity index (χ0v) is 14.8. The van der Waals surface area contributed by atoms with Crippen molar-refractivity contribution in [3.05, 3.63) is 29.8 Å². The fourth-order valence-electron chi connectivity index (χ4n) is 1.96. The molecule has 1 aromatic carbocycles. The summed E-state index contributed by atoms with van der Waals surface area (Å²) in [6, 6.07) is 6.61. The first-order valence-corrected chi connectivity index (χ1v) is 9.05. The third-order valence-corrected chi connectivity index (χ3v) is 4.82. The highest BCUT2D eigenvalue weighted by Gasteiger charge is 2.12. The molecular weight excluding hydrogens is 316 g/mol. The molecule has 0 bridgehead atoms. The monoisotopic (exact) mass is 342 g/mol. The molecule has 0 aliphatic carbocycles. The molecule has 0 spiro atoms. The first-order chi connectivity index (χ1) is 10.9. The van der Waals surface area contributed by atoms with E-state index in [1.807, 2.05) is 18.7 Å². The van der Waals surface area contributed by atoms with Gasteiger partial charge in [0.25, 0.3) is 0 Å². The number of ether oxygens (including phenoxy) is 1. The number of methoxy groups -OCH3 is 1. The summed E-state index contributed by atoms with van der Waals surface area (Å²) < 4.78 is 31.4. The van der Waals surface area contributed by atoms with Gasteiger partial charge in [0, 0.05) is 26.7 Å². The predicted octanol–water partition coefficient (Wildman–Crippen LogP) is 0.768. The molecule has 0 amide bonds. The minimum absolute atomic E-state index is 0.220. The van der Waals surface area contributed by atoms with Gasteiger partial charge in [-0.05, 0) is 31.5 Å². The zero-order chi connectivity index (χ0) is 17.3. The lowest BCUT2D eigenvalue weighted by Gasteiger charge is -2.19. The molecule has 0 heterocycles. The van der Waals surface area contributed by atoms with Gasteiger partial charge in [0.05, 0.1) is 18.0 Å². The molecular formula is C15H26N4O3S. The molecule has 7 nitrogen and oxygen atoms in total. The number of aliphatic imine (C=N–C) groups is 1. The molecule has 0 aromatic heterocycles. The van der Waals surface area contributed by atoms with Crippen molar-refractivity contribution in [2.75, 3.05) is 33.4 Å². The van der Waals surface area contributed by atoms with Crippen LogP contribution in [0.5, 0.6) is 0 Å². The maximum Gasteiger partial charge on any atom is 0.240 e. The highest BCUT2D eigenvalue weighted by molar-refractivity contribution is 7.89. The van der Waals surface area contributed by atoms with Crippen LogP contribution in [0.2, 0.25) is 0 Å². The third kappa shape index (κ3) is 6.17. The van der Waals surface area contributed by atoms with E-state index in [1.165, 1.54) is 7.11 Å². The van der Waals surface area contributed by atoms with Crippen LogP contribution in [-0.4, -0.2) is 52.6 Å². The van der Waals surface area contributed by atoms with E-state index in [9.17, 15) is 8.42 Å². The highest BCUT2D eigenvalue weighted by atomic mass is 32.2. The van der Waals surface area contributed by atoms with Gasteiger partial charge in [-0.2, -0.15) is 0 Å². The molecule has 23 heavy (non-hydrogen) atoms. The quantitative estimate of drug-likeness (QED) is 0.392. The number of benzene rings is 1. The molecule has 0 unspecified atom stereocenters. The lowest BCUT2D eigenvalue weighted by molar-refractivity contribution is 0.204. The van der Waals surface area contributed by atoms with E-state index in [-0.39, 0.29) is 11.4 Å². The summed E-state index contributed by atoms with van der Waals surface area (Å²) in [6.45, 7) is 6.62. The SMILES string of the molecule is CCN(CC)C(N)=NCc1ccc(S(=O)(=O)NCCOC)cc1. The molecule has 0 aliphatic heterocycles. The summed E-state index contributed by atoms with van der Waals surface area (Å²) in [5.74, 6) is 0.493. The van der Waals surface area contributed by atoms with Crippen LogP contribution in [0.3, 0.4) is 0 Å². The molecule has 0 radical (unpaired) electrons. The Balaban J connectivity index is 2.71. The minimum Gasteiger partial charge on any atom is -0.383 e. The lowest BCUT2D eigenvalue weighted by atomic mass is 10.2. The Bertz CT molecular complexity index is 596. The minimum atomic E-state index is -3.50. The van der Waals surface area contributed by atoms with Gasteiger partial charge in [0.15, 0.2) is 5.96 Å². The molecule has 0 atom stereocenters. The summed E-state index contributed by atoms with van der Waals surface area (Å²) in [5, 5.41) is 0. The third-order valence-electron chi connectivity index (χ3n) is 3.34. The summed E-state index contributed by atoms with van der Waals surface area (Å²) in [7, 11) is -1.98. The van der Waals surface area contributed by atoms with Crippen LogP contribution in [0, 0.1) is 0 Å². The average Bonchev–Trinajstić information content (AvgIpc) is 2.54. The first-order valence-electron chi connectivity index (χ1n) is 7.57. The highest BCUT2D eigenvalue weighted by Crippen LogP contribution is 2.11. The number of hydrogen-bond acceptors (Lipinski definition) is 4. The summed E-state index contributed by atoms with van der Waals surface area (Å²) >= 11 is 0. The van der Waals surface area contributed by atoms with Gasteiger partial charge in [-0.25, -0.2) is 18.1 Å². The van der Waals surface area contributed by atoms with Gasteiger partial charge in [0.1, 0.15) is 0 Å². The van der Waals surface area contributed by atoms with Gasteiger partial charge in [-0.15, -0.1) is 0 Å². The summed E-state index contributed by atoms with van der Waals surface area (Å²) in [4.78, 5) is 6.50. The van der Waals surface area contributed by atoms with Gasteiger partial charge in [0.2, 0.25) is 10.0 Å². The Morgan fingerprint density at radius 1 is 1.26 bits per heavy atom. The van der Waals surface area contributed by atoms with Gasteiger partial charge in [-0.3, -0.25) is 0 Å². The summed E-state index contributed by atoms with van der Waals surface area (Å²) in [6.07, 6.45) is 0. The van der Waals surface area contributed by atoms with E-state index in [2.05, 4.69) is 9.71 Å². The topological polar surface area (TPSA) is 97.0 Å². The fourth-order valence-corrected chi connectivity index (χ4v) is 2.97. The van der Waals surface area contributed by atoms with Crippen LogP contribution >= 0.6 is 0 Å². The molecule has 0 aliphatic rings. The van der Waals surface area contributed by atoms with Crippen molar-refractivity contribution < 1.29 is 13.2 Å². The molecule has 1 rings (SSSR count). The fraction of sp³-hybridized carbons (Fsp3) is 0.533. The number of nitrogens with one attached hydrogen (secondary N) is 1. The van der Waals surface area contributed by atoms with Gasteiger partial charge >= 0.3 is 0 Å². The van der Waals surface area contributed by atoms with E-state index in [0.717, 1.165) is 18.7 Å². The molecule has 0 fully saturated rings. The zero-order valence-electron chi connectivity index (χ0n) is 13.9. The van der Waals surface area contributed by atoms with Crippen LogP contribution < -0.4 is 10.5 Å². The largest absolute Gasteiger partial charge is 0.383 e. The molecule has 0 saturated heterocycles. The Labute approximate surface area is 138 Å². The second-order valence-corrected chi connectivity index (χ2v) is 6.65. The predicted molar refractivity (Wildman–Crippen MR) is 91.8 cm³/mol. The number of nitrogens with zero attached hydrogens (tertiary/aromatic N) is 2. The Kier molecular flexibility index (Phi) is 8.01. The normalized spacial score (nSPS) is 12.4. The number of rotatable bonds is 9. The lowest BCUT2D eigenvalue weighted by Crippen LogP contribution is -2.37. The Morgan fingerprint density at radius 3 is 2.39 bits per heavy atom. The van der Waals surface area contributed by atoms with Crippen LogP contribution in [0.15, 0.2) is 34.2 Å². The van der Waals surface area contributed by atoms with Gasteiger partial charge < -0.3 is 15.4 Å². The van der Waals surface area contributed by atoms with Crippen molar-refractivity contribution in [1.29, 1.82) is 0 Å². The van der Waals surface area contributed by atoms with Crippen molar-refractivity contribution in [3.8, 4) is 0 Å². The van der Waals surface area contributed by atoms with Crippen LogP contribution in [-0.2, 0) is 21.3 Å². The Morgan fingerprint density at radius 2 is 1.87 bits per heavy atom. The van der Waals surface area contributed by atoms with Crippen LogP contribution in [0.4, 0.5) is 0 Å². The molecule has 3 N–H and O–H groups in total. The van der Waals surface area contributed by atoms with Crippen LogP contribution in [0.1, 0.15) is 19.4 Å².